The summed E-state index contributed by atoms with van der Waals surface area (Å²) in [6, 6.07) is 0. The number of aliphatic hydroxyl groups excluding tert-OH is 2. The molecule has 1 aliphatic heterocycles. The number of carbonyl (C=O) groups excluding carboxylic acids is 1. The molecule has 1 fully saturated rings. The summed E-state index contributed by atoms with van der Waals surface area (Å²) in [5.41, 5.74) is 6.59. The Morgan fingerprint density at radius 2 is 2.12 bits per heavy atom. The highest BCUT2D eigenvalue weighted by atomic mass is 16.6. The van der Waals surface area contributed by atoms with Gasteiger partial charge in [0.15, 0.2) is 17.7 Å². The van der Waals surface area contributed by atoms with Crippen LogP contribution >= 0.6 is 0 Å². The third-order valence-electron chi connectivity index (χ3n) is 4.29. The molecule has 1 aliphatic rings. The maximum absolute atomic E-state index is 11.2. The summed E-state index contributed by atoms with van der Waals surface area (Å²) in [5, 5.41) is 26.4. The molecule has 4 atom stereocenters. The zero-order chi connectivity index (χ0) is 18.7. The molecule has 0 radical (unpaired) electrons. The number of carbonyl (C=O) groups is 1. The number of hydrogen-bond donors (Lipinski definition) is 5. The van der Waals surface area contributed by atoms with Crippen molar-refractivity contribution >= 4 is 22.9 Å². The molecule has 0 aromatic carbocycles. The van der Waals surface area contributed by atoms with Gasteiger partial charge in [0, 0.05) is 26.1 Å². The third kappa shape index (κ3) is 3.60. The van der Waals surface area contributed by atoms with Crippen LogP contribution in [0.1, 0.15) is 19.6 Å². The number of nitrogen functional groups attached to an aromatic ring is 1. The van der Waals surface area contributed by atoms with Crippen LogP contribution < -0.4 is 16.4 Å². The molecule has 1 amide bonds. The molecule has 26 heavy (non-hydrogen) atoms. The van der Waals surface area contributed by atoms with E-state index in [1.54, 1.807) is 6.92 Å². The number of anilines is 1. The molecule has 3 rings (SSSR count). The van der Waals surface area contributed by atoms with Gasteiger partial charge in [-0.2, -0.15) is 0 Å². The molecule has 6 N–H and O–H groups in total. The number of nitrogens with two attached hydrogens (primary N) is 1. The first-order valence-corrected chi connectivity index (χ1v) is 8.45. The molecular weight excluding hydrogens is 342 g/mol. The Kier molecular flexibility index (Phi) is 5.61. The van der Waals surface area contributed by atoms with E-state index in [-0.39, 0.29) is 11.7 Å². The number of amides is 1. The van der Waals surface area contributed by atoms with Crippen molar-refractivity contribution in [1.29, 1.82) is 0 Å². The zero-order valence-electron chi connectivity index (χ0n) is 14.4. The van der Waals surface area contributed by atoms with Gasteiger partial charge in [-0.3, -0.25) is 9.36 Å². The fourth-order valence-corrected chi connectivity index (χ4v) is 2.84. The first-order valence-electron chi connectivity index (χ1n) is 8.45. The van der Waals surface area contributed by atoms with Crippen LogP contribution in [0, 0.1) is 0 Å². The van der Waals surface area contributed by atoms with Crippen LogP contribution in [-0.2, 0) is 9.53 Å². The topological polar surface area (TPSA) is 160 Å². The predicted molar refractivity (Wildman–Crippen MR) is 91.8 cm³/mol. The Hall–Kier alpha value is -2.34. The Balaban J connectivity index is 1.60. The van der Waals surface area contributed by atoms with Crippen LogP contribution in [0.4, 0.5) is 5.82 Å². The van der Waals surface area contributed by atoms with Crippen molar-refractivity contribution in [3.05, 3.63) is 12.7 Å². The van der Waals surface area contributed by atoms with E-state index in [9.17, 15) is 15.0 Å². The van der Waals surface area contributed by atoms with Gasteiger partial charge in [0.05, 0.1) is 6.33 Å². The highest BCUT2D eigenvalue weighted by Crippen LogP contribution is 2.31. The van der Waals surface area contributed by atoms with Gasteiger partial charge < -0.3 is 31.3 Å². The largest absolute Gasteiger partial charge is 0.387 e. The Morgan fingerprint density at radius 1 is 1.31 bits per heavy atom. The maximum Gasteiger partial charge on any atom is 0.219 e. The minimum atomic E-state index is -1.14. The van der Waals surface area contributed by atoms with E-state index in [0.717, 1.165) is 0 Å². The van der Waals surface area contributed by atoms with Gasteiger partial charge in [-0.1, -0.05) is 6.92 Å². The summed E-state index contributed by atoms with van der Waals surface area (Å²) in [5.74, 6) is 0.210. The molecular formula is C15H23N7O4. The lowest BCUT2D eigenvalue weighted by molar-refractivity contribution is -0.120. The Morgan fingerprint density at radius 3 is 2.88 bits per heavy atom. The normalized spacial score (nSPS) is 25.7. The number of aliphatic hydroxyl groups is 2. The molecule has 0 saturated carbocycles. The number of nitrogens with one attached hydrogen (secondary N) is 2. The molecule has 11 heteroatoms. The number of hydrogen-bond acceptors (Lipinski definition) is 9. The second-order valence-corrected chi connectivity index (χ2v) is 6.04. The minimum Gasteiger partial charge on any atom is -0.387 e. The molecule has 1 saturated heterocycles. The van der Waals surface area contributed by atoms with E-state index in [4.69, 9.17) is 10.5 Å². The van der Waals surface area contributed by atoms with E-state index >= 15 is 0 Å². The summed E-state index contributed by atoms with van der Waals surface area (Å²) < 4.78 is 7.33. The highest BCUT2D eigenvalue weighted by molar-refractivity contribution is 5.81. The third-order valence-corrected chi connectivity index (χ3v) is 4.29. The standard InChI is InChI=1S/C15H23N7O4/c1-2-9(23)18-4-3-17-5-8-11(24)12(25)15(26-8)22-7-21-10-13(16)19-6-20-14(10)22/h6-8,11-12,15,17,24-25H,2-5H2,1H3,(H,18,23)(H2,16,19,20)/t8-,11-,12-,15-/m1/s1. The van der Waals surface area contributed by atoms with E-state index in [0.29, 0.717) is 37.2 Å². The average Bonchev–Trinajstić information content (AvgIpc) is 3.18. The lowest BCUT2D eigenvalue weighted by atomic mass is 10.1. The molecule has 0 bridgehead atoms. The van der Waals surface area contributed by atoms with Crippen molar-refractivity contribution in [2.24, 2.45) is 0 Å². The molecule has 0 spiro atoms. The minimum absolute atomic E-state index is 0.0207. The molecule has 11 nitrogen and oxygen atoms in total. The van der Waals surface area contributed by atoms with Gasteiger partial charge in [0.25, 0.3) is 0 Å². The van der Waals surface area contributed by atoms with Crippen LogP contribution in [0.2, 0.25) is 0 Å². The molecule has 3 heterocycles. The number of ether oxygens (including phenoxy) is 1. The van der Waals surface area contributed by atoms with Crippen molar-refractivity contribution < 1.29 is 19.7 Å². The van der Waals surface area contributed by atoms with Crippen LogP contribution in [0.3, 0.4) is 0 Å². The molecule has 2 aromatic rings. The lowest BCUT2D eigenvalue weighted by Crippen LogP contribution is -2.40. The molecule has 0 unspecified atom stereocenters. The van der Waals surface area contributed by atoms with Crippen LogP contribution in [0.25, 0.3) is 11.2 Å². The van der Waals surface area contributed by atoms with Gasteiger partial charge in [0.1, 0.15) is 30.2 Å². The van der Waals surface area contributed by atoms with Gasteiger partial charge in [-0.05, 0) is 0 Å². The monoisotopic (exact) mass is 365 g/mol. The van der Waals surface area contributed by atoms with Gasteiger partial charge in [-0.15, -0.1) is 0 Å². The summed E-state index contributed by atoms with van der Waals surface area (Å²) in [6.07, 6.45) is -0.483. The van der Waals surface area contributed by atoms with Crippen LogP contribution in [0.5, 0.6) is 0 Å². The lowest BCUT2D eigenvalue weighted by Gasteiger charge is -2.16. The highest BCUT2D eigenvalue weighted by Gasteiger charge is 2.44. The second kappa shape index (κ2) is 7.91. The quantitative estimate of drug-likeness (QED) is 0.355. The predicted octanol–water partition coefficient (Wildman–Crippen LogP) is -1.86. The van der Waals surface area contributed by atoms with Crippen molar-refractivity contribution in [3.63, 3.8) is 0 Å². The fraction of sp³-hybridized carbons (Fsp3) is 0.600. The number of imidazole rings is 1. The molecule has 0 aliphatic carbocycles. The SMILES string of the molecule is CCC(=O)NCCNC[C@H]1O[C@@H](n2cnc3c(N)ncnc32)[C@H](O)[C@@H]1O. The second-order valence-electron chi connectivity index (χ2n) is 6.04. The summed E-state index contributed by atoms with van der Waals surface area (Å²) >= 11 is 0. The first kappa shape index (κ1) is 18.5. The summed E-state index contributed by atoms with van der Waals surface area (Å²) in [6.45, 7) is 3.10. The van der Waals surface area contributed by atoms with Crippen LogP contribution in [-0.4, -0.2) is 73.6 Å². The van der Waals surface area contributed by atoms with E-state index in [1.807, 2.05) is 0 Å². The number of nitrogens with zero attached hydrogens (tertiary/aromatic N) is 4. The maximum atomic E-state index is 11.2. The van der Waals surface area contributed by atoms with Gasteiger partial charge >= 0.3 is 0 Å². The average molecular weight is 365 g/mol. The zero-order valence-corrected chi connectivity index (χ0v) is 14.4. The smallest absolute Gasteiger partial charge is 0.219 e. The number of rotatable bonds is 7. The van der Waals surface area contributed by atoms with Crippen LogP contribution in [0.15, 0.2) is 12.7 Å². The van der Waals surface area contributed by atoms with Gasteiger partial charge in [0.2, 0.25) is 5.91 Å². The summed E-state index contributed by atoms with van der Waals surface area (Å²) in [4.78, 5) is 23.3. The van der Waals surface area contributed by atoms with Gasteiger partial charge in [-0.25, -0.2) is 15.0 Å². The fourth-order valence-electron chi connectivity index (χ4n) is 2.84. The van der Waals surface area contributed by atoms with E-state index in [1.165, 1.54) is 17.2 Å². The van der Waals surface area contributed by atoms with Crippen molar-refractivity contribution in [3.8, 4) is 0 Å². The van der Waals surface area contributed by atoms with Crippen molar-refractivity contribution in [1.82, 2.24) is 30.2 Å². The Bertz CT molecular complexity index is 768. The summed E-state index contributed by atoms with van der Waals surface area (Å²) in [7, 11) is 0. The molecule has 2 aromatic heterocycles. The number of fused-ring (bicyclic) bond motifs is 1. The van der Waals surface area contributed by atoms with Crippen molar-refractivity contribution in [2.45, 2.75) is 37.9 Å². The van der Waals surface area contributed by atoms with E-state index in [2.05, 4.69) is 25.6 Å². The van der Waals surface area contributed by atoms with E-state index < -0.39 is 24.5 Å². The first-order chi connectivity index (χ1) is 12.5. The van der Waals surface area contributed by atoms with Crippen molar-refractivity contribution in [2.75, 3.05) is 25.4 Å². The number of aromatic nitrogens is 4. The Labute approximate surface area is 149 Å². The molecule has 142 valence electrons.